The number of carboxylic acids is 1. The van der Waals surface area contributed by atoms with Crippen molar-refractivity contribution in [2.75, 3.05) is 0 Å². The summed E-state index contributed by atoms with van der Waals surface area (Å²) in [6, 6.07) is 4.04. The van der Waals surface area contributed by atoms with E-state index in [-0.39, 0.29) is 6.42 Å². The van der Waals surface area contributed by atoms with Crippen LogP contribution in [0.5, 0.6) is 0 Å². The highest BCUT2D eigenvalue weighted by Gasteiger charge is 2.07. The van der Waals surface area contributed by atoms with Crippen molar-refractivity contribution in [1.29, 1.82) is 0 Å². The lowest BCUT2D eigenvalue weighted by Crippen LogP contribution is -2.04. The quantitative estimate of drug-likeness (QED) is 0.754. The number of rotatable bonds is 2. The molecular formula is C11H14O2. The molecule has 70 valence electrons. The summed E-state index contributed by atoms with van der Waals surface area (Å²) in [6.45, 7) is 5.93. The van der Waals surface area contributed by atoms with Crippen LogP contribution in [0.25, 0.3) is 0 Å². The van der Waals surface area contributed by atoms with Gasteiger partial charge in [0.1, 0.15) is 0 Å². The number of aliphatic carboxylic acids is 1. The molecule has 0 aliphatic carbocycles. The second-order valence-corrected chi connectivity index (χ2v) is 3.45. The molecule has 0 fully saturated rings. The second-order valence-electron chi connectivity index (χ2n) is 3.45. The highest BCUT2D eigenvalue weighted by atomic mass is 16.4. The lowest BCUT2D eigenvalue weighted by atomic mass is 9.97. The molecule has 13 heavy (non-hydrogen) atoms. The average molecular weight is 178 g/mol. The summed E-state index contributed by atoms with van der Waals surface area (Å²) in [5.41, 5.74) is 4.27. The molecule has 2 nitrogen and oxygen atoms in total. The number of hydrogen-bond acceptors (Lipinski definition) is 1. The Bertz CT molecular complexity index is 317. The normalized spacial score (nSPS) is 10.1. The lowest BCUT2D eigenvalue weighted by Gasteiger charge is -2.08. The maximum Gasteiger partial charge on any atom is 0.307 e. The maximum absolute atomic E-state index is 10.6. The molecule has 0 amide bonds. The predicted molar refractivity (Wildman–Crippen MR) is 52.0 cm³/mol. The zero-order chi connectivity index (χ0) is 10.0. The van der Waals surface area contributed by atoms with Crippen molar-refractivity contribution < 1.29 is 9.90 Å². The van der Waals surface area contributed by atoms with E-state index < -0.39 is 5.97 Å². The van der Waals surface area contributed by atoms with Gasteiger partial charge in [-0.25, -0.2) is 0 Å². The summed E-state index contributed by atoms with van der Waals surface area (Å²) in [5.74, 6) is -0.768. The largest absolute Gasteiger partial charge is 0.481 e. The third kappa shape index (κ3) is 2.31. The minimum atomic E-state index is -0.768. The van der Waals surface area contributed by atoms with E-state index in [2.05, 4.69) is 0 Å². The molecule has 1 aromatic carbocycles. The molecule has 0 saturated heterocycles. The fourth-order valence-electron chi connectivity index (χ4n) is 1.64. The van der Waals surface area contributed by atoms with Crippen molar-refractivity contribution in [3.05, 3.63) is 34.4 Å². The number of hydrogen-bond donors (Lipinski definition) is 1. The van der Waals surface area contributed by atoms with Crippen molar-refractivity contribution in [1.82, 2.24) is 0 Å². The number of carboxylic acid groups (broad SMARTS) is 1. The maximum atomic E-state index is 10.6. The fraction of sp³-hybridized carbons (Fsp3) is 0.364. The van der Waals surface area contributed by atoms with Gasteiger partial charge in [-0.15, -0.1) is 0 Å². The van der Waals surface area contributed by atoms with Gasteiger partial charge in [0.25, 0.3) is 0 Å². The monoisotopic (exact) mass is 178 g/mol. The van der Waals surface area contributed by atoms with E-state index in [9.17, 15) is 4.79 Å². The van der Waals surface area contributed by atoms with Gasteiger partial charge in [-0.3, -0.25) is 4.79 Å². The highest BCUT2D eigenvalue weighted by Crippen LogP contribution is 2.16. The van der Waals surface area contributed by atoms with Crippen molar-refractivity contribution in [2.45, 2.75) is 27.2 Å². The molecule has 0 unspecified atom stereocenters. The first kappa shape index (κ1) is 9.78. The molecule has 0 saturated carbocycles. The second kappa shape index (κ2) is 3.60. The van der Waals surface area contributed by atoms with Crippen LogP contribution in [-0.4, -0.2) is 11.1 Å². The zero-order valence-corrected chi connectivity index (χ0v) is 8.22. The van der Waals surface area contributed by atoms with E-state index in [1.165, 1.54) is 5.56 Å². The van der Waals surface area contributed by atoms with Crippen molar-refractivity contribution in [2.24, 2.45) is 0 Å². The molecular weight excluding hydrogens is 164 g/mol. The van der Waals surface area contributed by atoms with Gasteiger partial charge >= 0.3 is 5.97 Å². The molecule has 0 atom stereocenters. The van der Waals surface area contributed by atoms with Crippen molar-refractivity contribution >= 4 is 5.97 Å². The number of aryl methyl sites for hydroxylation is 3. The van der Waals surface area contributed by atoms with E-state index >= 15 is 0 Å². The first-order valence-electron chi connectivity index (χ1n) is 4.29. The molecule has 1 rings (SSSR count). The summed E-state index contributed by atoms with van der Waals surface area (Å²) in [6.07, 6.45) is 0.123. The van der Waals surface area contributed by atoms with Crippen LogP contribution in [-0.2, 0) is 11.2 Å². The molecule has 0 spiro atoms. The summed E-state index contributed by atoms with van der Waals surface area (Å²) in [5, 5.41) is 8.69. The van der Waals surface area contributed by atoms with Crippen LogP contribution in [0.15, 0.2) is 12.1 Å². The summed E-state index contributed by atoms with van der Waals surface area (Å²) in [4.78, 5) is 10.6. The van der Waals surface area contributed by atoms with Crippen LogP contribution in [0, 0.1) is 20.8 Å². The van der Waals surface area contributed by atoms with Gasteiger partial charge in [-0.05, 0) is 37.5 Å². The summed E-state index contributed by atoms with van der Waals surface area (Å²) >= 11 is 0. The van der Waals surface area contributed by atoms with Gasteiger partial charge in [-0.1, -0.05) is 17.7 Å². The van der Waals surface area contributed by atoms with Gasteiger partial charge in [0, 0.05) is 0 Å². The Balaban J connectivity index is 3.13. The summed E-state index contributed by atoms with van der Waals surface area (Å²) < 4.78 is 0. The minimum absolute atomic E-state index is 0.123. The minimum Gasteiger partial charge on any atom is -0.481 e. The third-order valence-corrected chi connectivity index (χ3v) is 2.17. The highest BCUT2D eigenvalue weighted by molar-refractivity contribution is 5.71. The van der Waals surface area contributed by atoms with Crippen LogP contribution in [0.4, 0.5) is 0 Å². The summed E-state index contributed by atoms with van der Waals surface area (Å²) in [7, 11) is 0. The fourth-order valence-corrected chi connectivity index (χ4v) is 1.64. The first-order chi connectivity index (χ1) is 6.00. The molecule has 1 N–H and O–H groups in total. The Hall–Kier alpha value is -1.31. The van der Waals surface area contributed by atoms with Crippen molar-refractivity contribution in [3.63, 3.8) is 0 Å². The van der Waals surface area contributed by atoms with E-state index in [4.69, 9.17) is 5.11 Å². The molecule has 1 aromatic rings. The van der Waals surface area contributed by atoms with Crippen molar-refractivity contribution in [3.8, 4) is 0 Å². The standard InChI is InChI=1S/C11H14O2/c1-7-4-8(2)10(6-11(12)13)9(3)5-7/h4-5H,6H2,1-3H3,(H,12,13). The van der Waals surface area contributed by atoms with Crippen LogP contribution >= 0.6 is 0 Å². The molecule has 0 aromatic heterocycles. The first-order valence-corrected chi connectivity index (χ1v) is 4.29. The van der Waals surface area contributed by atoms with Crippen LogP contribution in [0.3, 0.4) is 0 Å². The third-order valence-electron chi connectivity index (χ3n) is 2.17. The Morgan fingerprint density at radius 2 is 1.69 bits per heavy atom. The topological polar surface area (TPSA) is 37.3 Å². The molecule has 0 aliphatic rings. The lowest BCUT2D eigenvalue weighted by molar-refractivity contribution is -0.136. The van der Waals surface area contributed by atoms with Gasteiger partial charge in [0.15, 0.2) is 0 Å². The van der Waals surface area contributed by atoms with Gasteiger partial charge in [0.05, 0.1) is 6.42 Å². The van der Waals surface area contributed by atoms with Gasteiger partial charge < -0.3 is 5.11 Å². The van der Waals surface area contributed by atoms with Gasteiger partial charge in [0.2, 0.25) is 0 Å². The van der Waals surface area contributed by atoms with E-state index in [1.807, 2.05) is 32.9 Å². The molecule has 0 bridgehead atoms. The molecule has 0 radical (unpaired) electrons. The Morgan fingerprint density at radius 1 is 1.23 bits per heavy atom. The average Bonchev–Trinajstić information content (AvgIpc) is 1.96. The SMILES string of the molecule is Cc1cc(C)c(CC(=O)O)c(C)c1. The van der Waals surface area contributed by atoms with E-state index in [0.29, 0.717) is 0 Å². The Labute approximate surface area is 78.2 Å². The Kier molecular flexibility index (Phi) is 2.71. The number of carbonyl (C=O) groups is 1. The van der Waals surface area contributed by atoms with Crippen LogP contribution in [0.2, 0.25) is 0 Å². The predicted octanol–water partition coefficient (Wildman–Crippen LogP) is 2.24. The molecule has 0 heterocycles. The Morgan fingerprint density at radius 3 is 2.08 bits per heavy atom. The van der Waals surface area contributed by atoms with E-state index in [0.717, 1.165) is 16.7 Å². The van der Waals surface area contributed by atoms with Gasteiger partial charge in [-0.2, -0.15) is 0 Å². The molecule has 2 heteroatoms. The van der Waals surface area contributed by atoms with Crippen LogP contribution < -0.4 is 0 Å². The smallest absolute Gasteiger partial charge is 0.307 e. The number of benzene rings is 1. The van der Waals surface area contributed by atoms with E-state index in [1.54, 1.807) is 0 Å². The van der Waals surface area contributed by atoms with Crippen LogP contribution in [0.1, 0.15) is 22.3 Å². The molecule has 0 aliphatic heterocycles. The zero-order valence-electron chi connectivity index (χ0n) is 8.22.